The molecule has 0 radical (unpaired) electrons. The van der Waals surface area contributed by atoms with E-state index in [-0.39, 0.29) is 5.41 Å². The van der Waals surface area contributed by atoms with Crippen LogP contribution in [0.5, 0.6) is 0 Å². The summed E-state index contributed by atoms with van der Waals surface area (Å²) in [6.45, 7) is 6.23. The molecule has 2 aromatic rings. The molecule has 0 fully saturated rings. The van der Waals surface area contributed by atoms with Crippen molar-refractivity contribution in [2.24, 2.45) is 5.41 Å². The van der Waals surface area contributed by atoms with Crippen LogP contribution < -0.4 is 0 Å². The molecule has 1 aromatic carbocycles. The van der Waals surface area contributed by atoms with Crippen LogP contribution in [0, 0.1) is 5.41 Å². The van der Waals surface area contributed by atoms with Crippen LogP contribution >= 0.6 is 12.2 Å². The van der Waals surface area contributed by atoms with Crippen LogP contribution in [-0.4, -0.2) is 20.0 Å². The normalized spacial score (nSPS) is 11.9. The van der Waals surface area contributed by atoms with Gasteiger partial charge in [0.05, 0.1) is 5.52 Å². The molecule has 0 atom stereocenters. The van der Waals surface area contributed by atoms with Gasteiger partial charge < -0.3 is 0 Å². The molecule has 3 nitrogen and oxygen atoms in total. The Morgan fingerprint density at radius 3 is 2.60 bits per heavy atom. The maximum Gasteiger partial charge on any atom is 0.113 e. The number of para-hydroxylation sites is 1. The SMILES string of the molecule is CC(C)(C)C(=S)n1nnc2ccccc21. The number of aromatic nitrogens is 3. The molecule has 1 heterocycles. The third-order valence-electron chi connectivity index (χ3n) is 2.19. The molecule has 0 saturated carbocycles. The second-order valence-electron chi connectivity index (χ2n) is 4.55. The quantitative estimate of drug-likeness (QED) is 0.638. The van der Waals surface area contributed by atoms with Gasteiger partial charge in [0.1, 0.15) is 10.5 Å². The highest BCUT2D eigenvalue weighted by Crippen LogP contribution is 2.20. The van der Waals surface area contributed by atoms with Crippen LogP contribution in [0.3, 0.4) is 0 Å². The highest BCUT2D eigenvalue weighted by molar-refractivity contribution is 7.80. The summed E-state index contributed by atoms with van der Waals surface area (Å²) in [4.78, 5) is 0.788. The minimum Gasteiger partial charge on any atom is -0.206 e. The van der Waals surface area contributed by atoms with E-state index in [1.807, 2.05) is 24.3 Å². The number of rotatable bonds is 0. The van der Waals surface area contributed by atoms with Crippen molar-refractivity contribution in [2.75, 3.05) is 0 Å². The third-order valence-corrected chi connectivity index (χ3v) is 2.97. The Morgan fingerprint density at radius 1 is 1.27 bits per heavy atom. The second-order valence-corrected chi connectivity index (χ2v) is 4.93. The van der Waals surface area contributed by atoms with Crippen molar-refractivity contribution in [1.82, 2.24) is 15.0 Å². The van der Waals surface area contributed by atoms with Gasteiger partial charge in [-0.2, -0.15) is 0 Å². The summed E-state index contributed by atoms with van der Waals surface area (Å²) in [5, 5.41) is 8.17. The predicted molar refractivity (Wildman–Crippen MR) is 65.0 cm³/mol. The summed E-state index contributed by atoms with van der Waals surface area (Å²) < 4.78 is 1.74. The topological polar surface area (TPSA) is 30.7 Å². The minimum absolute atomic E-state index is 0.0776. The van der Waals surface area contributed by atoms with Crippen molar-refractivity contribution in [3.8, 4) is 0 Å². The van der Waals surface area contributed by atoms with Crippen LogP contribution in [0.15, 0.2) is 24.3 Å². The van der Waals surface area contributed by atoms with Gasteiger partial charge in [-0.05, 0) is 12.1 Å². The van der Waals surface area contributed by atoms with E-state index in [0.29, 0.717) is 0 Å². The molecule has 2 rings (SSSR count). The van der Waals surface area contributed by atoms with Crippen molar-refractivity contribution in [2.45, 2.75) is 20.8 Å². The molecule has 1 aromatic heterocycles. The summed E-state index contributed by atoms with van der Waals surface area (Å²) in [6.07, 6.45) is 0. The highest BCUT2D eigenvalue weighted by Gasteiger charge is 2.21. The zero-order valence-corrected chi connectivity index (χ0v) is 9.88. The number of nitrogens with zero attached hydrogens (tertiary/aromatic N) is 3. The zero-order valence-electron chi connectivity index (χ0n) is 9.06. The van der Waals surface area contributed by atoms with Gasteiger partial charge >= 0.3 is 0 Å². The van der Waals surface area contributed by atoms with E-state index in [9.17, 15) is 0 Å². The Labute approximate surface area is 94.1 Å². The maximum atomic E-state index is 5.40. The maximum absolute atomic E-state index is 5.40. The van der Waals surface area contributed by atoms with Crippen LogP contribution in [0.25, 0.3) is 11.0 Å². The van der Waals surface area contributed by atoms with E-state index in [1.165, 1.54) is 0 Å². The first-order valence-corrected chi connectivity index (χ1v) is 5.26. The first kappa shape index (κ1) is 10.2. The fourth-order valence-corrected chi connectivity index (χ4v) is 1.47. The molecule has 0 spiro atoms. The van der Waals surface area contributed by atoms with Crippen molar-refractivity contribution in [1.29, 1.82) is 0 Å². The molecule has 15 heavy (non-hydrogen) atoms. The van der Waals surface area contributed by atoms with Crippen LogP contribution in [0.4, 0.5) is 0 Å². The first-order chi connectivity index (χ1) is 7.00. The third kappa shape index (κ3) is 1.77. The van der Waals surface area contributed by atoms with Gasteiger partial charge in [-0.15, -0.1) is 5.10 Å². The lowest BCUT2D eigenvalue weighted by molar-refractivity contribution is 0.573. The molecule has 0 saturated heterocycles. The van der Waals surface area contributed by atoms with Crippen molar-refractivity contribution in [3.05, 3.63) is 24.3 Å². The van der Waals surface area contributed by atoms with Crippen molar-refractivity contribution < 1.29 is 0 Å². The predicted octanol–water partition coefficient (Wildman–Crippen LogP) is 2.65. The zero-order chi connectivity index (χ0) is 11.1. The highest BCUT2D eigenvalue weighted by atomic mass is 32.1. The number of hydrogen-bond acceptors (Lipinski definition) is 3. The summed E-state index contributed by atoms with van der Waals surface area (Å²) in [5.41, 5.74) is 1.77. The van der Waals surface area contributed by atoms with E-state index in [4.69, 9.17) is 12.2 Å². The van der Waals surface area contributed by atoms with Gasteiger partial charge in [-0.25, -0.2) is 4.68 Å². The lowest BCUT2D eigenvalue weighted by Crippen LogP contribution is -2.26. The van der Waals surface area contributed by atoms with Gasteiger partial charge in [0.2, 0.25) is 0 Å². The fraction of sp³-hybridized carbons (Fsp3) is 0.364. The van der Waals surface area contributed by atoms with E-state index in [0.717, 1.165) is 16.0 Å². The van der Waals surface area contributed by atoms with E-state index in [1.54, 1.807) is 4.68 Å². The molecular weight excluding hydrogens is 206 g/mol. The summed E-state index contributed by atoms with van der Waals surface area (Å²) >= 11 is 5.40. The van der Waals surface area contributed by atoms with E-state index < -0.39 is 0 Å². The molecule has 0 aliphatic heterocycles. The van der Waals surface area contributed by atoms with Crippen molar-refractivity contribution in [3.63, 3.8) is 0 Å². The summed E-state index contributed by atoms with van der Waals surface area (Å²) in [7, 11) is 0. The summed E-state index contributed by atoms with van der Waals surface area (Å²) in [5.74, 6) is 0. The Hall–Kier alpha value is -1.29. The van der Waals surface area contributed by atoms with Gasteiger partial charge in [0.25, 0.3) is 0 Å². The Morgan fingerprint density at radius 2 is 1.93 bits per heavy atom. The van der Waals surface area contributed by atoms with Gasteiger partial charge in [-0.3, -0.25) is 0 Å². The van der Waals surface area contributed by atoms with E-state index >= 15 is 0 Å². The minimum atomic E-state index is -0.0776. The van der Waals surface area contributed by atoms with E-state index in [2.05, 4.69) is 31.1 Å². The second kappa shape index (κ2) is 3.38. The largest absolute Gasteiger partial charge is 0.206 e. The lowest BCUT2D eigenvalue weighted by atomic mass is 9.97. The molecule has 0 N–H and O–H groups in total. The molecule has 0 bridgehead atoms. The average molecular weight is 219 g/mol. The Bertz CT molecular complexity index is 508. The molecule has 0 aliphatic rings. The molecule has 78 valence electrons. The lowest BCUT2D eigenvalue weighted by Gasteiger charge is -2.19. The molecule has 0 aliphatic carbocycles. The fourth-order valence-electron chi connectivity index (χ4n) is 1.34. The summed E-state index contributed by atoms with van der Waals surface area (Å²) in [6, 6.07) is 7.83. The number of fused-ring (bicyclic) bond motifs is 1. The molecule has 0 amide bonds. The first-order valence-electron chi connectivity index (χ1n) is 4.85. The van der Waals surface area contributed by atoms with Gasteiger partial charge in [0.15, 0.2) is 0 Å². The van der Waals surface area contributed by atoms with Gasteiger partial charge in [0, 0.05) is 5.41 Å². The number of hydrogen-bond donors (Lipinski definition) is 0. The number of benzene rings is 1. The van der Waals surface area contributed by atoms with Gasteiger partial charge in [-0.1, -0.05) is 50.3 Å². The molecule has 4 heteroatoms. The smallest absolute Gasteiger partial charge is 0.113 e. The van der Waals surface area contributed by atoms with Crippen LogP contribution in [0.2, 0.25) is 0 Å². The van der Waals surface area contributed by atoms with Crippen LogP contribution in [0.1, 0.15) is 20.8 Å². The Balaban J connectivity index is 2.58. The molecule has 0 unspecified atom stereocenters. The monoisotopic (exact) mass is 219 g/mol. The average Bonchev–Trinajstić information content (AvgIpc) is 2.58. The van der Waals surface area contributed by atoms with Crippen molar-refractivity contribution >= 4 is 28.2 Å². The standard InChI is InChI=1S/C11H13N3S/c1-11(2,3)10(15)14-9-7-5-4-6-8(9)12-13-14/h4-7H,1-3H3. The molecular formula is C11H13N3S. The Kier molecular flexibility index (Phi) is 2.31. The number of thiocarbonyl (C=S) groups is 1. The van der Waals surface area contributed by atoms with Crippen LogP contribution in [-0.2, 0) is 0 Å².